The standard InChI is InChI=1S/C16H26N2O/c1-11(2)9-13-5-7-14(8-6-13)10-18-15(12(3)4)16(17)19/h5-8,11-12,15,18H,9-10H2,1-4H3,(H2,17,19). The maximum Gasteiger partial charge on any atom is 0.234 e. The minimum atomic E-state index is -0.286. The second kappa shape index (κ2) is 7.29. The van der Waals surface area contributed by atoms with Crippen molar-refractivity contribution in [3.63, 3.8) is 0 Å². The highest BCUT2D eigenvalue weighted by molar-refractivity contribution is 5.80. The van der Waals surface area contributed by atoms with Gasteiger partial charge in [0.15, 0.2) is 0 Å². The molecule has 0 saturated heterocycles. The molecule has 1 aromatic carbocycles. The van der Waals surface area contributed by atoms with Gasteiger partial charge in [0.2, 0.25) is 5.91 Å². The zero-order valence-corrected chi connectivity index (χ0v) is 12.4. The number of rotatable bonds is 7. The van der Waals surface area contributed by atoms with E-state index < -0.39 is 0 Å². The van der Waals surface area contributed by atoms with Crippen molar-refractivity contribution in [1.29, 1.82) is 0 Å². The van der Waals surface area contributed by atoms with E-state index >= 15 is 0 Å². The summed E-state index contributed by atoms with van der Waals surface area (Å²) in [6.07, 6.45) is 1.10. The average molecular weight is 262 g/mol. The van der Waals surface area contributed by atoms with Crippen molar-refractivity contribution < 1.29 is 4.79 Å². The predicted molar refractivity (Wildman–Crippen MR) is 79.6 cm³/mol. The molecule has 1 aromatic rings. The van der Waals surface area contributed by atoms with Gasteiger partial charge in [-0.2, -0.15) is 0 Å². The molecule has 0 bridgehead atoms. The van der Waals surface area contributed by atoms with Gasteiger partial charge in [-0.3, -0.25) is 4.79 Å². The number of hydrogen-bond donors (Lipinski definition) is 2. The number of hydrogen-bond acceptors (Lipinski definition) is 2. The van der Waals surface area contributed by atoms with Crippen molar-refractivity contribution in [2.45, 2.75) is 46.7 Å². The second-order valence-corrected chi connectivity index (χ2v) is 5.92. The summed E-state index contributed by atoms with van der Waals surface area (Å²) in [5, 5.41) is 3.22. The van der Waals surface area contributed by atoms with Gasteiger partial charge in [0.25, 0.3) is 0 Å². The Kier molecular flexibility index (Phi) is 6.03. The summed E-state index contributed by atoms with van der Waals surface area (Å²) in [4.78, 5) is 11.3. The van der Waals surface area contributed by atoms with Gasteiger partial charge in [0.05, 0.1) is 6.04 Å². The number of carbonyl (C=O) groups is 1. The van der Waals surface area contributed by atoms with Crippen LogP contribution in [0.3, 0.4) is 0 Å². The molecule has 0 aliphatic rings. The van der Waals surface area contributed by atoms with E-state index in [4.69, 9.17) is 5.73 Å². The fourth-order valence-electron chi connectivity index (χ4n) is 2.16. The third-order valence-corrected chi connectivity index (χ3v) is 3.17. The molecule has 3 nitrogen and oxygen atoms in total. The van der Waals surface area contributed by atoms with Crippen LogP contribution in [0.5, 0.6) is 0 Å². The van der Waals surface area contributed by atoms with Gasteiger partial charge in [-0.15, -0.1) is 0 Å². The topological polar surface area (TPSA) is 55.1 Å². The van der Waals surface area contributed by atoms with Gasteiger partial charge in [0.1, 0.15) is 0 Å². The Labute approximate surface area is 116 Å². The third kappa shape index (κ3) is 5.43. The van der Waals surface area contributed by atoms with E-state index in [0.717, 1.165) is 6.42 Å². The van der Waals surface area contributed by atoms with Crippen LogP contribution in [0, 0.1) is 11.8 Å². The van der Waals surface area contributed by atoms with Crippen LogP contribution in [0.25, 0.3) is 0 Å². The van der Waals surface area contributed by atoms with E-state index in [1.54, 1.807) is 0 Å². The SMILES string of the molecule is CC(C)Cc1ccc(CNC(C(N)=O)C(C)C)cc1. The molecule has 1 atom stereocenters. The molecule has 19 heavy (non-hydrogen) atoms. The van der Waals surface area contributed by atoms with E-state index in [0.29, 0.717) is 12.5 Å². The molecule has 106 valence electrons. The monoisotopic (exact) mass is 262 g/mol. The molecule has 0 aliphatic heterocycles. The first kappa shape index (κ1) is 15.7. The van der Waals surface area contributed by atoms with Crippen molar-refractivity contribution in [3.8, 4) is 0 Å². The quantitative estimate of drug-likeness (QED) is 0.793. The summed E-state index contributed by atoms with van der Waals surface area (Å²) in [6.45, 7) is 9.10. The molecule has 0 radical (unpaired) electrons. The Hall–Kier alpha value is -1.35. The van der Waals surface area contributed by atoms with E-state index in [2.05, 4.69) is 43.4 Å². The first-order valence-electron chi connectivity index (χ1n) is 7.00. The van der Waals surface area contributed by atoms with Crippen LogP contribution in [-0.4, -0.2) is 11.9 Å². The van der Waals surface area contributed by atoms with Crippen LogP contribution in [0.1, 0.15) is 38.8 Å². The van der Waals surface area contributed by atoms with Crippen molar-refractivity contribution >= 4 is 5.91 Å². The van der Waals surface area contributed by atoms with Gasteiger partial charge >= 0.3 is 0 Å². The largest absolute Gasteiger partial charge is 0.368 e. The van der Waals surface area contributed by atoms with Crippen LogP contribution < -0.4 is 11.1 Å². The Morgan fingerprint density at radius 1 is 1.11 bits per heavy atom. The van der Waals surface area contributed by atoms with E-state index in [9.17, 15) is 4.79 Å². The summed E-state index contributed by atoms with van der Waals surface area (Å²) in [7, 11) is 0. The molecular weight excluding hydrogens is 236 g/mol. The lowest BCUT2D eigenvalue weighted by Gasteiger charge is -2.19. The fraction of sp³-hybridized carbons (Fsp3) is 0.562. The highest BCUT2D eigenvalue weighted by Crippen LogP contribution is 2.10. The number of benzene rings is 1. The van der Waals surface area contributed by atoms with Gasteiger partial charge in [0, 0.05) is 6.54 Å². The predicted octanol–water partition coefficient (Wildman–Crippen LogP) is 2.48. The number of amides is 1. The lowest BCUT2D eigenvalue weighted by atomic mass is 10.0. The number of nitrogens with one attached hydrogen (secondary N) is 1. The lowest BCUT2D eigenvalue weighted by Crippen LogP contribution is -2.44. The van der Waals surface area contributed by atoms with Crippen LogP contribution >= 0.6 is 0 Å². The number of carbonyl (C=O) groups excluding carboxylic acids is 1. The molecule has 1 rings (SSSR count). The summed E-state index contributed by atoms with van der Waals surface area (Å²) in [6, 6.07) is 8.28. The van der Waals surface area contributed by atoms with Gasteiger partial charge < -0.3 is 11.1 Å². The van der Waals surface area contributed by atoms with Crippen LogP contribution in [-0.2, 0) is 17.8 Å². The number of nitrogens with two attached hydrogens (primary N) is 1. The smallest absolute Gasteiger partial charge is 0.234 e. The summed E-state index contributed by atoms with van der Waals surface area (Å²) in [5.41, 5.74) is 7.91. The molecule has 1 unspecified atom stereocenters. The van der Waals surface area contributed by atoms with Crippen molar-refractivity contribution in [1.82, 2.24) is 5.32 Å². The summed E-state index contributed by atoms with van der Waals surface area (Å²) >= 11 is 0. The fourth-order valence-corrected chi connectivity index (χ4v) is 2.16. The Morgan fingerprint density at radius 2 is 1.63 bits per heavy atom. The Balaban J connectivity index is 2.56. The zero-order chi connectivity index (χ0) is 14.4. The maximum absolute atomic E-state index is 11.3. The number of primary amides is 1. The minimum absolute atomic E-state index is 0.206. The zero-order valence-electron chi connectivity index (χ0n) is 12.4. The molecule has 0 saturated carbocycles. The van der Waals surface area contributed by atoms with Crippen molar-refractivity contribution in [2.75, 3.05) is 0 Å². The lowest BCUT2D eigenvalue weighted by molar-refractivity contribution is -0.121. The first-order valence-corrected chi connectivity index (χ1v) is 7.00. The van der Waals surface area contributed by atoms with Gasteiger partial charge in [-0.25, -0.2) is 0 Å². The minimum Gasteiger partial charge on any atom is -0.368 e. The van der Waals surface area contributed by atoms with Crippen molar-refractivity contribution in [3.05, 3.63) is 35.4 Å². The third-order valence-electron chi connectivity index (χ3n) is 3.17. The molecule has 0 aromatic heterocycles. The first-order chi connectivity index (χ1) is 8.90. The van der Waals surface area contributed by atoms with E-state index in [-0.39, 0.29) is 17.9 Å². The normalized spacial score (nSPS) is 12.9. The molecule has 0 heterocycles. The van der Waals surface area contributed by atoms with E-state index in [1.807, 2.05) is 13.8 Å². The molecule has 3 N–H and O–H groups in total. The van der Waals surface area contributed by atoms with Gasteiger partial charge in [-0.1, -0.05) is 52.0 Å². The maximum atomic E-state index is 11.3. The van der Waals surface area contributed by atoms with Crippen LogP contribution in [0.2, 0.25) is 0 Å². The summed E-state index contributed by atoms with van der Waals surface area (Å²) in [5.74, 6) is 0.591. The molecule has 0 fully saturated rings. The molecular formula is C16H26N2O. The van der Waals surface area contributed by atoms with Gasteiger partial charge in [-0.05, 0) is 29.4 Å². The molecule has 0 spiro atoms. The second-order valence-electron chi connectivity index (χ2n) is 5.92. The molecule has 0 aliphatic carbocycles. The van der Waals surface area contributed by atoms with E-state index in [1.165, 1.54) is 11.1 Å². The Morgan fingerprint density at radius 3 is 2.05 bits per heavy atom. The molecule has 1 amide bonds. The average Bonchev–Trinajstić information content (AvgIpc) is 2.29. The highest BCUT2D eigenvalue weighted by Gasteiger charge is 2.18. The van der Waals surface area contributed by atoms with Crippen LogP contribution in [0.15, 0.2) is 24.3 Å². The van der Waals surface area contributed by atoms with Crippen molar-refractivity contribution in [2.24, 2.45) is 17.6 Å². The van der Waals surface area contributed by atoms with Crippen LogP contribution in [0.4, 0.5) is 0 Å². The molecule has 3 heteroatoms. The Bertz CT molecular complexity index is 396. The summed E-state index contributed by atoms with van der Waals surface area (Å²) < 4.78 is 0. The highest BCUT2D eigenvalue weighted by atomic mass is 16.1.